The van der Waals surface area contributed by atoms with E-state index in [1.54, 1.807) is 18.2 Å². The molecule has 0 aliphatic heterocycles. The van der Waals surface area contributed by atoms with Gasteiger partial charge in [0.15, 0.2) is 0 Å². The minimum Gasteiger partial charge on any atom is -0.271 e. The summed E-state index contributed by atoms with van der Waals surface area (Å²) in [6, 6.07) is 16.4. The molecule has 0 heterocycles. The number of rotatable bonds is 7. The van der Waals surface area contributed by atoms with Crippen LogP contribution in [0.3, 0.4) is 0 Å². The third kappa shape index (κ3) is 5.72. The van der Waals surface area contributed by atoms with Crippen LogP contribution >= 0.6 is 11.6 Å². The summed E-state index contributed by atoms with van der Waals surface area (Å²) in [5, 5.41) is 4.23. The van der Waals surface area contributed by atoms with Crippen LogP contribution in [0.25, 0.3) is 0 Å². The standard InChI is InChI=1S/C23H21ClFN3O3S/c1-16-3-10-21(13-17(16)2)28(32(30,31)22-11-6-19(24)7-12-22)15-23(29)27-26-14-18-4-8-20(25)9-5-18/h3-14H,15H2,1-2H3,(H,27,29)/b26-14-. The molecule has 0 radical (unpaired) electrons. The molecule has 3 rings (SSSR count). The van der Waals surface area contributed by atoms with Crippen LogP contribution in [0.5, 0.6) is 0 Å². The van der Waals surface area contributed by atoms with Crippen LogP contribution in [0.4, 0.5) is 10.1 Å². The molecule has 0 aliphatic carbocycles. The molecule has 3 aromatic carbocycles. The van der Waals surface area contributed by atoms with Crippen molar-refractivity contribution in [2.24, 2.45) is 5.10 Å². The van der Waals surface area contributed by atoms with Crippen LogP contribution < -0.4 is 9.73 Å². The van der Waals surface area contributed by atoms with E-state index in [1.807, 2.05) is 13.8 Å². The van der Waals surface area contributed by atoms with E-state index in [0.29, 0.717) is 16.3 Å². The van der Waals surface area contributed by atoms with Crippen molar-refractivity contribution in [2.75, 3.05) is 10.8 Å². The Bertz CT molecular complexity index is 1240. The number of carbonyl (C=O) groups is 1. The molecule has 0 unspecified atom stereocenters. The van der Waals surface area contributed by atoms with Gasteiger partial charge in [0.25, 0.3) is 15.9 Å². The maximum absolute atomic E-state index is 13.3. The van der Waals surface area contributed by atoms with Gasteiger partial charge in [0.05, 0.1) is 16.8 Å². The van der Waals surface area contributed by atoms with Gasteiger partial charge in [-0.25, -0.2) is 18.2 Å². The average molecular weight is 474 g/mol. The van der Waals surface area contributed by atoms with E-state index in [-0.39, 0.29) is 10.7 Å². The van der Waals surface area contributed by atoms with Crippen molar-refractivity contribution >= 4 is 39.4 Å². The lowest BCUT2D eigenvalue weighted by Gasteiger charge is -2.24. The largest absolute Gasteiger partial charge is 0.271 e. The number of anilines is 1. The molecule has 1 N–H and O–H groups in total. The number of halogens is 2. The zero-order chi connectivity index (χ0) is 23.3. The van der Waals surface area contributed by atoms with Gasteiger partial charge in [-0.1, -0.05) is 29.8 Å². The first-order valence-corrected chi connectivity index (χ1v) is 11.4. The van der Waals surface area contributed by atoms with Crippen LogP contribution in [0.1, 0.15) is 16.7 Å². The van der Waals surface area contributed by atoms with Crippen molar-refractivity contribution in [3.05, 3.63) is 94.3 Å². The van der Waals surface area contributed by atoms with Gasteiger partial charge >= 0.3 is 0 Å². The maximum atomic E-state index is 13.3. The molecule has 166 valence electrons. The molecule has 9 heteroatoms. The van der Waals surface area contributed by atoms with Gasteiger partial charge in [0, 0.05) is 5.02 Å². The number of nitrogens with one attached hydrogen (secondary N) is 1. The van der Waals surface area contributed by atoms with Crippen molar-refractivity contribution in [1.82, 2.24) is 5.43 Å². The first kappa shape index (κ1) is 23.4. The fourth-order valence-corrected chi connectivity index (χ4v) is 4.36. The number of carbonyl (C=O) groups excluding carboxylic acids is 1. The fourth-order valence-electron chi connectivity index (χ4n) is 2.82. The summed E-state index contributed by atoms with van der Waals surface area (Å²) in [6.07, 6.45) is 1.34. The summed E-state index contributed by atoms with van der Waals surface area (Å²) >= 11 is 5.89. The Morgan fingerprint density at radius 1 is 1.03 bits per heavy atom. The zero-order valence-corrected chi connectivity index (χ0v) is 19.0. The normalized spacial score (nSPS) is 11.5. The first-order chi connectivity index (χ1) is 15.2. The van der Waals surface area contributed by atoms with Gasteiger partial charge < -0.3 is 0 Å². The maximum Gasteiger partial charge on any atom is 0.264 e. The molecular weight excluding hydrogens is 453 g/mol. The Balaban J connectivity index is 1.86. The van der Waals surface area contributed by atoms with E-state index in [1.165, 1.54) is 54.7 Å². The van der Waals surface area contributed by atoms with Crippen LogP contribution in [0.2, 0.25) is 5.02 Å². The molecule has 0 fully saturated rings. The zero-order valence-electron chi connectivity index (χ0n) is 17.4. The number of aryl methyl sites for hydroxylation is 2. The van der Waals surface area contributed by atoms with Crippen LogP contribution in [0.15, 0.2) is 76.7 Å². The van der Waals surface area contributed by atoms with E-state index >= 15 is 0 Å². The van der Waals surface area contributed by atoms with Crippen LogP contribution in [-0.4, -0.2) is 27.1 Å². The second kappa shape index (κ2) is 9.93. The molecule has 0 saturated heterocycles. The Kier molecular flexibility index (Phi) is 7.27. The van der Waals surface area contributed by atoms with Crippen molar-refractivity contribution in [3.63, 3.8) is 0 Å². The van der Waals surface area contributed by atoms with E-state index in [2.05, 4.69) is 10.5 Å². The predicted octanol–water partition coefficient (Wildman–Crippen LogP) is 4.44. The number of hydrazone groups is 1. The predicted molar refractivity (Wildman–Crippen MR) is 124 cm³/mol. The summed E-state index contributed by atoms with van der Waals surface area (Å²) in [6.45, 7) is 3.28. The van der Waals surface area contributed by atoms with Gasteiger partial charge in [0.2, 0.25) is 0 Å². The SMILES string of the molecule is Cc1ccc(N(CC(=O)N/N=C\c2ccc(F)cc2)S(=O)(=O)c2ccc(Cl)cc2)cc1C. The van der Waals surface area contributed by atoms with Crippen molar-refractivity contribution in [1.29, 1.82) is 0 Å². The van der Waals surface area contributed by atoms with Gasteiger partial charge in [-0.15, -0.1) is 0 Å². The molecule has 0 aromatic heterocycles. The lowest BCUT2D eigenvalue weighted by atomic mass is 10.1. The third-order valence-electron chi connectivity index (χ3n) is 4.74. The highest BCUT2D eigenvalue weighted by Gasteiger charge is 2.27. The summed E-state index contributed by atoms with van der Waals surface area (Å²) in [4.78, 5) is 12.5. The second-order valence-corrected chi connectivity index (χ2v) is 9.38. The highest BCUT2D eigenvalue weighted by atomic mass is 35.5. The van der Waals surface area contributed by atoms with Crippen LogP contribution in [-0.2, 0) is 14.8 Å². The first-order valence-electron chi connectivity index (χ1n) is 9.60. The molecule has 0 bridgehead atoms. The monoisotopic (exact) mass is 473 g/mol. The molecule has 1 amide bonds. The number of hydrogen-bond donors (Lipinski definition) is 1. The lowest BCUT2D eigenvalue weighted by Crippen LogP contribution is -2.39. The van der Waals surface area contributed by atoms with Crippen molar-refractivity contribution in [2.45, 2.75) is 18.7 Å². The quantitative estimate of drug-likeness (QED) is 0.407. The van der Waals surface area contributed by atoms with E-state index in [9.17, 15) is 17.6 Å². The van der Waals surface area contributed by atoms with Gasteiger partial charge in [0.1, 0.15) is 12.4 Å². The molecule has 0 atom stereocenters. The van der Waals surface area contributed by atoms with E-state index in [4.69, 9.17) is 11.6 Å². The van der Waals surface area contributed by atoms with Crippen molar-refractivity contribution in [3.8, 4) is 0 Å². The highest BCUT2D eigenvalue weighted by molar-refractivity contribution is 7.92. The molecule has 3 aromatic rings. The minimum atomic E-state index is -4.06. The molecule has 0 spiro atoms. The van der Waals surface area contributed by atoms with Crippen LogP contribution in [0, 0.1) is 19.7 Å². The molecular formula is C23H21ClFN3O3S. The second-order valence-electron chi connectivity index (χ2n) is 7.08. The number of benzene rings is 3. The van der Waals surface area contributed by atoms with Gasteiger partial charge in [-0.05, 0) is 79.1 Å². The third-order valence-corrected chi connectivity index (χ3v) is 6.78. The molecule has 32 heavy (non-hydrogen) atoms. The van der Waals surface area contributed by atoms with Gasteiger partial charge in [-0.3, -0.25) is 9.10 Å². The Morgan fingerprint density at radius 2 is 1.69 bits per heavy atom. The smallest absolute Gasteiger partial charge is 0.264 e. The number of hydrogen-bond acceptors (Lipinski definition) is 4. The number of sulfonamides is 1. The van der Waals surface area contributed by atoms with Gasteiger partial charge in [-0.2, -0.15) is 5.10 Å². The summed E-state index contributed by atoms with van der Waals surface area (Å²) in [5.41, 5.74) is 5.11. The summed E-state index contributed by atoms with van der Waals surface area (Å²) in [5.74, 6) is -1.03. The number of nitrogens with zero attached hydrogens (tertiary/aromatic N) is 2. The lowest BCUT2D eigenvalue weighted by molar-refractivity contribution is -0.119. The highest BCUT2D eigenvalue weighted by Crippen LogP contribution is 2.26. The van der Waals surface area contributed by atoms with Crippen molar-refractivity contribution < 1.29 is 17.6 Å². The van der Waals surface area contributed by atoms with E-state index in [0.717, 1.165) is 15.4 Å². The number of amides is 1. The Labute approximate surface area is 191 Å². The molecule has 0 saturated carbocycles. The molecule has 0 aliphatic rings. The summed E-state index contributed by atoms with van der Waals surface area (Å²) in [7, 11) is -4.06. The summed E-state index contributed by atoms with van der Waals surface area (Å²) < 4.78 is 40.7. The minimum absolute atomic E-state index is 0.00254. The topological polar surface area (TPSA) is 78.8 Å². The van der Waals surface area contributed by atoms with E-state index < -0.39 is 22.5 Å². The molecule has 6 nitrogen and oxygen atoms in total. The Hall–Kier alpha value is -3.23. The average Bonchev–Trinajstić information content (AvgIpc) is 2.76. The Morgan fingerprint density at radius 3 is 2.31 bits per heavy atom. The fraction of sp³-hybridized carbons (Fsp3) is 0.130.